The molecule has 1 aromatic heterocycles. The van der Waals surface area contributed by atoms with E-state index in [0.717, 1.165) is 28.0 Å². The predicted molar refractivity (Wildman–Crippen MR) is 84.4 cm³/mol. The maximum atomic E-state index is 6.20. The molecule has 1 atom stereocenters. The zero-order chi connectivity index (χ0) is 14.7. The van der Waals surface area contributed by atoms with Crippen LogP contribution in [0.3, 0.4) is 0 Å². The van der Waals surface area contributed by atoms with E-state index in [1.807, 2.05) is 29.9 Å². The highest BCUT2D eigenvalue weighted by atomic mass is 79.9. The van der Waals surface area contributed by atoms with E-state index in [9.17, 15) is 0 Å². The van der Waals surface area contributed by atoms with Gasteiger partial charge in [0.15, 0.2) is 5.75 Å². The highest BCUT2D eigenvalue weighted by Crippen LogP contribution is 2.32. The summed E-state index contributed by atoms with van der Waals surface area (Å²) in [7, 11) is 3.56. The molecule has 108 valence electrons. The molecule has 0 aliphatic rings. The van der Waals surface area contributed by atoms with Crippen LogP contribution in [0.1, 0.15) is 24.2 Å². The standard InChI is InChI=1S/C14H17BrClN3O/c1-4-17-13(9-5-6-10(15)11(16)7-9)14-12(20-3)8-18-19(14)2/h5-8,13,17H,4H2,1-3H3. The highest BCUT2D eigenvalue weighted by molar-refractivity contribution is 9.10. The molecule has 2 aromatic rings. The van der Waals surface area contributed by atoms with E-state index >= 15 is 0 Å². The van der Waals surface area contributed by atoms with Crippen molar-refractivity contribution in [3.05, 3.63) is 45.1 Å². The fourth-order valence-corrected chi connectivity index (χ4v) is 2.62. The summed E-state index contributed by atoms with van der Waals surface area (Å²) in [4.78, 5) is 0. The summed E-state index contributed by atoms with van der Waals surface area (Å²) in [6.07, 6.45) is 1.72. The van der Waals surface area contributed by atoms with Crippen molar-refractivity contribution < 1.29 is 4.74 Å². The Labute approximate surface area is 132 Å². The van der Waals surface area contributed by atoms with Crippen molar-refractivity contribution in [3.63, 3.8) is 0 Å². The minimum absolute atomic E-state index is 0.0203. The first-order valence-electron chi connectivity index (χ1n) is 6.32. The van der Waals surface area contributed by atoms with Crippen molar-refractivity contribution in [1.82, 2.24) is 15.1 Å². The Balaban J connectivity index is 2.49. The second kappa shape index (κ2) is 6.61. The van der Waals surface area contributed by atoms with E-state index in [1.54, 1.807) is 13.3 Å². The van der Waals surface area contributed by atoms with Gasteiger partial charge < -0.3 is 10.1 Å². The van der Waals surface area contributed by atoms with Crippen molar-refractivity contribution in [2.24, 2.45) is 7.05 Å². The molecule has 4 nitrogen and oxygen atoms in total. The van der Waals surface area contributed by atoms with Crippen LogP contribution in [0.5, 0.6) is 5.75 Å². The Hall–Kier alpha value is -1.04. The number of hydrogen-bond donors (Lipinski definition) is 1. The van der Waals surface area contributed by atoms with Crippen molar-refractivity contribution in [2.75, 3.05) is 13.7 Å². The number of aromatic nitrogens is 2. The molecule has 6 heteroatoms. The van der Waals surface area contributed by atoms with Crippen molar-refractivity contribution in [2.45, 2.75) is 13.0 Å². The zero-order valence-corrected chi connectivity index (χ0v) is 14.0. The van der Waals surface area contributed by atoms with Gasteiger partial charge >= 0.3 is 0 Å². The first kappa shape index (κ1) is 15.4. The second-order valence-corrected chi connectivity index (χ2v) is 5.65. The van der Waals surface area contributed by atoms with Crippen LogP contribution in [-0.4, -0.2) is 23.4 Å². The fraction of sp³-hybridized carbons (Fsp3) is 0.357. The Morgan fingerprint density at radius 3 is 2.85 bits per heavy atom. The minimum atomic E-state index is -0.0203. The summed E-state index contributed by atoms with van der Waals surface area (Å²) < 4.78 is 8.11. The van der Waals surface area contributed by atoms with Gasteiger partial charge in [0.1, 0.15) is 5.69 Å². The third-order valence-electron chi connectivity index (χ3n) is 3.13. The highest BCUT2D eigenvalue weighted by Gasteiger charge is 2.22. The van der Waals surface area contributed by atoms with Crippen LogP contribution in [0, 0.1) is 0 Å². The van der Waals surface area contributed by atoms with Gasteiger partial charge in [0.05, 0.1) is 24.4 Å². The van der Waals surface area contributed by atoms with E-state index in [-0.39, 0.29) is 6.04 Å². The molecular weight excluding hydrogens is 342 g/mol. The van der Waals surface area contributed by atoms with Crippen molar-refractivity contribution in [3.8, 4) is 5.75 Å². The summed E-state index contributed by atoms with van der Waals surface area (Å²) in [5.41, 5.74) is 2.05. The van der Waals surface area contributed by atoms with Crippen molar-refractivity contribution in [1.29, 1.82) is 0 Å². The number of aryl methyl sites for hydroxylation is 1. The number of halogens is 2. The molecule has 0 aliphatic carbocycles. The van der Waals surface area contributed by atoms with Crippen LogP contribution < -0.4 is 10.1 Å². The van der Waals surface area contributed by atoms with E-state index in [4.69, 9.17) is 16.3 Å². The monoisotopic (exact) mass is 357 g/mol. The second-order valence-electron chi connectivity index (χ2n) is 4.39. The number of hydrogen-bond acceptors (Lipinski definition) is 3. The van der Waals surface area contributed by atoms with Gasteiger partial charge in [-0.25, -0.2) is 0 Å². The SMILES string of the molecule is CCNC(c1ccc(Br)c(Cl)c1)c1c(OC)cnn1C. The molecule has 1 N–H and O–H groups in total. The molecule has 1 unspecified atom stereocenters. The van der Waals surface area contributed by atoms with Gasteiger partial charge in [-0.3, -0.25) is 4.68 Å². The first-order valence-corrected chi connectivity index (χ1v) is 7.49. The van der Waals surface area contributed by atoms with Gasteiger partial charge in [-0.1, -0.05) is 24.6 Å². The summed E-state index contributed by atoms with van der Waals surface area (Å²) >= 11 is 9.62. The summed E-state index contributed by atoms with van der Waals surface area (Å²) in [6, 6.07) is 5.92. The number of benzene rings is 1. The van der Waals surface area contributed by atoms with Crippen LogP contribution in [-0.2, 0) is 7.05 Å². The van der Waals surface area contributed by atoms with Gasteiger partial charge in [0.25, 0.3) is 0 Å². The summed E-state index contributed by atoms with van der Waals surface area (Å²) in [5.74, 6) is 0.762. The van der Waals surface area contributed by atoms with Crippen LogP contribution in [0.25, 0.3) is 0 Å². The molecule has 20 heavy (non-hydrogen) atoms. The number of methoxy groups -OCH3 is 1. The molecule has 1 aromatic carbocycles. The average molecular weight is 359 g/mol. The topological polar surface area (TPSA) is 39.1 Å². The van der Waals surface area contributed by atoms with Gasteiger partial charge in [0.2, 0.25) is 0 Å². The maximum absolute atomic E-state index is 6.20. The Kier molecular flexibility index (Phi) is 5.07. The van der Waals surface area contributed by atoms with E-state index in [0.29, 0.717) is 5.02 Å². The average Bonchev–Trinajstić information content (AvgIpc) is 2.80. The molecule has 0 radical (unpaired) electrons. The molecule has 0 fully saturated rings. The lowest BCUT2D eigenvalue weighted by molar-refractivity contribution is 0.401. The van der Waals surface area contributed by atoms with Crippen LogP contribution >= 0.6 is 27.5 Å². The van der Waals surface area contributed by atoms with Gasteiger partial charge in [-0.05, 0) is 40.2 Å². The molecule has 0 saturated heterocycles. The number of rotatable bonds is 5. The molecule has 0 amide bonds. The molecule has 0 saturated carbocycles. The normalized spacial score (nSPS) is 12.4. The molecule has 2 rings (SSSR count). The Morgan fingerprint density at radius 2 is 2.25 bits per heavy atom. The lowest BCUT2D eigenvalue weighted by Crippen LogP contribution is -2.24. The maximum Gasteiger partial charge on any atom is 0.161 e. The van der Waals surface area contributed by atoms with Crippen molar-refractivity contribution >= 4 is 27.5 Å². The Bertz CT molecular complexity index is 600. The number of ether oxygens (including phenoxy) is 1. The lowest BCUT2D eigenvalue weighted by Gasteiger charge is -2.20. The van der Waals surface area contributed by atoms with Crippen LogP contribution in [0.4, 0.5) is 0 Å². The third kappa shape index (κ3) is 3.00. The van der Waals surface area contributed by atoms with Crippen LogP contribution in [0.15, 0.2) is 28.9 Å². The quantitative estimate of drug-likeness (QED) is 0.888. The lowest BCUT2D eigenvalue weighted by atomic mass is 10.0. The molecular formula is C14H17BrClN3O. The van der Waals surface area contributed by atoms with Gasteiger partial charge in [0, 0.05) is 11.5 Å². The summed E-state index contributed by atoms with van der Waals surface area (Å²) in [6.45, 7) is 2.89. The molecule has 0 spiro atoms. The fourth-order valence-electron chi connectivity index (χ4n) is 2.18. The molecule has 1 heterocycles. The van der Waals surface area contributed by atoms with E-state index in [2.05, 4.69) is 33.3 Å². The summed E-state index contributed by atoms with van der Waals surface area (Å²) in [5, 5.41) is 8.40. The third-order valence-corrected chi connectivity index (χ3v) is 4.36. The number of nitrogens with zero attached hydrogens (tertiary/aromatic N) is 2. The predicted octanol–water partition coefficient (Wildman–Crippen LogP) is 3.54. The van der Waals surface area contributed by atoms with Gasteiger partial charge in [-0.2, -0.15) is 5.10 Å². The van der Waals surface area contributed by atoms with Crippen LogP contribution in [0.2, 0.25) is 5.02 Å². The minimum Gasteiger partial charge on any atom is -0.493 e. The zero-order valence-electron chi connectivity index (χ0n) is 11.7. The van der Waals surface area contributed by atoms with Gasteiger partial charge in [-0.15, -0.1) is 0 Å². The molecule has 0 bridgehead atoms. The van der Waals surface area contributed by atoms with E-state index in [1.165, 1.54) is 0 Å². The number of nitrogens with one attached hydrogen (secondary N) is 1. The Morgan fingerprint density at radius 1 is 1.50 bits per heavy atom. The largest absolute Gasteiger partial charge is 0.493 e. The smallest absolute Gasteiger partial charge is 0.161 e. The molecule has 0 aliphatic heterocycles. The van der Waals surface area contributed by atoms with E-state index < -0.39 is 0 Å². The first-order chi connectivity index (χ1) is 9.58.